The van der Waals surface area contributed by atoms with Crippen molar-refractivity contribution in [3.63, 3.8) is 0 Å². The average Bonchev–Trinajstić information content (AvgIpc) is 2.36. The summed E-state index contributed by atoms with van der Waals surface area (Å²) in [6.07, 6.45) is 1.60. The lowest BCUT2D eigenvalue weighted by atomic mass is 10.2. The van der Waals surface area contributed by atoms with Crippen LogP contribution in [-0.4, -0.2) is 39.9 Å². The second kappa shape index (κ2) is 6.48. The zero-order valence-corrected chi connectivity index (χ0v) is 10.7. The molecule has 0 atom stereocenters. The number of benzene rings is 1. The molecular formula is C12H17N3O3. The summed E-state index contributed by atoms with van der Waals surface area (Å²) < 4.78 is 15.6. The van der Waals surface area contributed by atoms with Crippen LogP contribution in [0.15, 0.2) is 17.1 Å². The molecule has 0 spiro atoms. The van der Waals surface area contributed by atoms with E-state index in [1.54, 1.807) is 39.7 Å². The van der Waals surface area contributed by atoms with Crippen molar-refractivity contribution in [3.05, 3.63) is 17.7 Å². The first-order valence-corrected chi connectivity index (χ1v) is 5.25. The van der Waals surface area contributed by atoms with E-state index >= 15 is 0 Å². The van der Waals surface area contributed by atoms with Crippen molar-refractivity contribution in [1.82, 2.24) is 0 Å². The molecule has 1 rings (SSSR count). The highest BCUT2D eigenvalue weighted by Crippen LogP contribution is 2.37. The predicted molar refractivity (Wildman–Crippen MR) is 70.5 cm³/mol. The Balaban J connectivity index is 3.07. The number of amidine groups is 1. The monoisotopic (exact) mass is 251 g/mol. The van der Waals surface area contributed by atoms with Gasteiger partial charge in [-0.25, -0.2) is 0 Å². The highest BCUT2D eigenvalue weighted by atomic mass is 16.5. The van der Waals surface area contributed by atoms with Crippen molar-refractivity contribution in [2.45, 2.75) is 0 Å². The van der Waals surface area contributed by atoms with Crippen molar-refractivity contribution in [2.75, 3.05) is 27.9 Å². The van der Waals surface area contributed by atoms with Gasteiger partial charge in [0.15, 0.2) is 11.5 Å². The molecule has 0 heterocycles. The van der Waals surface area contributed by atoms with Gasteiger partial charge in [-0.1, -0.05) is 0 Å². The minimum absolute atomic E-state index is 0.0127. The standard InChI is InChI=1S/C12H17N3O3/c1-16-9-4-8(6-15-7-11(13)14)5-10(17-2)12(9)18-3/h4-6H,7H2,1-3H3,(H3,13,14). The van der Waals surface area contributed by atoms with Crippen LogP contribution in [0.3, 0.4) is 0 Å². The Morgan fingerprint density at radius 1 is 1.22 bits per heavy atom. The van der Waals surface area contributed by atoms with Gasteiger partial charge in [0.1, 0.15) is 5.84 Å². The van der Waals surface area contributed by atoms with Crippen LogP contribution in [0.5, 0.6) is 17.2 Å². The smallest absolute Gasteiger partial charge is 0.203 e. The van der Waals surface area contributed by atoms with E-state index < -0.39 is 0 Å². The molecule has 0 aliphatic carbocycles. The quantitative estimate of drug-likeness (QED) is 0.584. The molecule has 6 heteroatoms. The molecule has 1 aromatic carbocycles. The van der Waals surface area contributed by atoms with Crippen molar-refractivity contribution in [1.29, 1.82) is 5.41 Å². The van der Waals surface area contributed by atoms with Crippen molar-refractivity contribution >= 4 is 12.1 Å². The van der Waals surface area contributed by atoms with Crippen LogP contribution < -0.4 is 19.9 Å². The van der Waals surface area contributed by atoms with Crippen LogP contribution in [0.1, 0.15) is 5.56 Å². The second-order valence-electron chi connectivity index (χ2n) is 3.45. The minimum Gasteiger partial charge on any atom is -0.493 e. The second-order valence-corrected chi connectivity index (χ2v) is 3.45. The van der Waals surface area contributed by atoms with E-state index in [0.29, 0.717) is 17.2 Å². The van der Waals surface area contributed by atoms with E-state index in [0.717, 1.165) is 5.56 Å². The van der Waals surface area contributed by atoms with Gasteiger partial charge in [-0.3, -0.25) is 10.4 Å². The summed E-state index contributed by atoms with van der Waals surface area (Å²) in [5, 5.41) is 7.08. The van der Waals surface area contributed by atoms with Gasteiger partial charge in [0.25, 0.3) is 0 Å². The number of nitrogens with one attached hydrogen (secondary N) is 1. The molecule has 0 saturated carbocycles. The molecule has 0 amide bonds. The van der Waals surface area contributed by atoms with Gasteiger partial charge in [0, 0.05) is 6.21 Å². The lowest BCUT2D eigenvalue weighted by Crippen LogP contribution is -2.13. The first-order chi connectivity index (χ1) is 8.62. The molecule has 3 N–H and O–H groups in total. The topological polar surface area (TPSA) is 89.9 Å². The molecule has 6 nitrogen and oxygen atoms in total. The Morgan fingerprint density at radius 3 is 2.17 bits per heavy atom. The third-order valence-corrected chi connectivity index (χ3v) is 2.19. The van der Waals surface area contributed by atoms with Crippen LogP contribution in [0.25, 0.3) is 0 Å². The molecule has 1 aromatic rings. The normalized spacial score (nSPS) is 10.4. The lowest BCUT2D eigenvalue weighted by molar-refractivity contribution is 0.324. The maximum atomic E-state index is 7.08. The lowest BCUT2D eigenvalue weighted by Gasteiger charge is -2.12. The summed E-state index contributed by atoms with van der Waals surface area (Å²) in [5.41, 5.74) is 6.00. The maximum Gasteiger partial charge on any atom is 0.203 e. The summed E-state index contributed by atoms with van der Waals surface area (Å²) >= 11 is 0. The maximum absolute atomic E-state index is 7.08. The van der Waals surface area contributed by atoms with Gasteiger partial charge >= 0.3 is 0 Å². The number of rotatable bonds is 6. The fourth-order valence-corrected chi connectivity index (χ4v) is 1.43. The van der Waals surface area contributed by atoms with Gasteiger partial charge in [0.2, 0.25) is 5.75 Å². The Labute approximate surface area is 106 Å². The zero-order valence-electron chi connectivity index (χ0n) is 10.7. The number of hydrogen-bond donors (Lipinski definition) is 2. The Kier molecular flexibility index (Phi) is 4.98. The summed E-state index contributed by atoms with van der Waals surface area (Å²) in [7, 11) is 4.64. The molecular weight excluding hydrogens is 234 g/mol. The summed E-state index contributed by atoms with van der Waals surface area (Å²) in [5.74, 6) is 1.66. The summed E-state index contributed by atoms with van der Waals surface area (Å²) in [6, 6.07) is 3.54. The molecule has 0 radical (unpaired) electrons. The van der Waals surface area contributed by atoms with Crippen molar-refractivity contribution in [2.24, 2.45) is 10.7 Å². The van der Waals surface area contributed by atoms with Crippen LogP contribution >= 0.6 is 0 Å². The Morgan fingerprint density at radius 2 is 1.78 bits per heavy atom. The molecule has 0 aliphatic heterocycles. The zero-order chi connectivity index (χ0) is 13.5. The number of hydrogen-bond acceptors (Lipinski definition) is 5. The molecule has 0 aliphatic rings. The van der Waals surface area contributed by atoms with E-state index in [4.69, 9.17) is 25.4 Å². The fraction of sp³-hybridized carbons (Fsp3) is 0.333. The number of ether oxygens (including phenoxy) is 3. The number of nitrogens with two attached hydrogens (primary N) is 1. The van der Waals surface area contributed by atoms with Gasteiger partial charge in [-0.15, -0.1) is 0 Å². The Hall–Kier alpha value is -2.24. The molecule has 0 unspecified atom stereocenters. The summed E-state index contributed by atoms with van der Waals surface area (Å²) in [4.78, 5) is 4.02. The van der Waals surface area contributed by atoms with Gasteiger partial charge in [0.05, 0.1) is 27.9 Å². The van der Waals surface area contributed by atoms with Gasteiger partial charge in [-0.2, -0.15) is 0 Å². The van der Waals surface area contributed by atoms with Crippen LogP contribution in [-0.2, 0) is 0 Å². The van der Waals surface area contributed by atoms with E-state index in [-0.39, 0.29) is 12.4 Å². The van der Waals surface area contributed by atoms with Crippen LogP contribution in [0.4, 0.5) is 0 Å². The van der Waals surface area contributed by atoms with Gasteiger partial charge in [-0.05, 0) is 17.7 Å². The van der Waals surface area contributed by atoms with E-state index in [1.165, 1.54) is 0 Å². The third kappa shape index (κ3) is 3.38. The minimum atomic E-state index is 0.0127. The van der Waals surface area contributed by atoms with E-state index in [1.807, 2.05) is 0 Å². The first kappa shape index (κ1) is 13.8. The van der Waals surface area contributed by atoms with E-state index in [9.17, 15) is 0 Å². The Bertz CT molecular complexity index is 433. The largest absolute Gasteiger partial charge is 0.493 e. The molecule has 0 fully saturated rings. The van der Waals surface area contributed by atoms with Crippen LogP contribution in [0.2, 0.25) is 0 Å². The fourth-order valence-electron chi connectivity index (χ4n) is 1.43. The SMILES string of the molecule is COc1cc(C=NCC(=N)N)cc(OC)c1OC. The third-order valence-electron chi connectivity index (χ3n) is 2.19. The van der Waals surface area contributed by atoms with E-state index in [2.05, 4.69) is 4.99 Å². The summed E-state index contributed by atoms with van der Waals surface area (Å²) in [6.45, 7) is 0.163. The highest BCUT2D eigenvalue weighted by Gasteiger charge is 2.12. The van der Waals surface area contributed by atoms with Crippen molar-refractivity contribution in [3.8, 4) is 17.2 Å². The molecule has 0 bridgehead atoms. The molecule has 0 saturated heterocycles. The van der Waals surface area contributed by atoms with Crippen LogP contribution in [0, 0.1) is 5.41 Å². The van der Waals surface area contributed by atoms with Gasteiger partial charge < -0.3 is 19.9 Å². The average molecular weight is 251 g/mol. The first-order valence-electron chi connectivity index (χ1n) is 5.25. The number of methoxy groups -OCH3 is 3. The molecule has 0 aromatic heterocycles. The number of aliphatic imine (C=N–C) groups is 1. The molecule has 18 heavy (non-hydrogen) atoms. The number of nitrogens with zero attached hydrogens (tertiary/aromatic N) is 1. The predicted octanol–water partition coefficient (Wildman–Crippen LogP) is 1.07. The molecule has 98 valence electrons. The van der Waals surface area contributed by atoms with Crippen molar-refractivity contribution < 1.29 is 14.2 Å². The highest BCUT2D eigenvalue weighted by molar-refractivity contribution is 5.86.